The Hall–Kier alpha value is -1.51. The van der Waals surface area contributed by atoms with Gasteiger partial charge in [-0.05, 0) is 31.4 Å². The highest BCUT2D eigenvalue weighted by Gasteiger charge is 2.33. The molecule has 1 N–H and O–H groups in total. The first-order valence-corrected chi connectivity index (χ1v) is 5.56. The van der Waals surface area contributed by atoms with Crippen molar-refractivity contribution < 1.29 is 9.53 Å². The van der Waals surface area contributed by atoms with Crippen molar-refractivity contribution in [2.24, 2.45) is 0 Å². The van der Waals surface area contributed by atoms with E-state index in [0.717, 1.165) is 24.2 Å². The third kappa shape index (κ3) is 2.18. The van der Waals surface area contributed by atoms with E-state index in [4.69, 9.17) is 4.74 Å². The van der Waals surface area contributed by atoms with Crippen LogP contribution in [-0.2, 0) is 11.2 Å². The van der Waals surface area contributed by atoms with Crippen molar-refractivity contribution in [1.82, 2.24) is 5.32 Å². The standard InChI is InChI=1S/C13H17NO2/c1-13(8-7-12(15)14-13)9-10-5-3-4-6-11(10)16-2/h3-6H,7-9H2,1-2H3,(H,14,15). The Labute approximate surface area is 95.8 Å². The molecule has 1 aliphatic rings. The van der Waals surface area contributed by atoms with Crippen molar-refractivity contribution in [2.45, 2.75) is 31.7 Å². The quantitative estimate of drug-likeness (QED) is 0.843. The normalized spacial score (nSPS) is 24.2. The zero-order valence-corrected chi connectivity index (χ0v) is 9.75. The summed E-state index contributed by atoms with van der Waals surface area (Å²) in [6, 6.07) is 7.96. The zero-order valence-electron chi connectivity index (χ0n) is 9.75. The van der Waals surface area contributed by atoms with Crippen LogP contribution in [0, 0.1) is 0 Å². The lowest BCUT2D eigenvalue weighted by atomic mass is 9.91. The SMILES string of the molecule is COc1ccccc1CC1(C)CCC(=O)N1. The fourth-order valence-corrected chi connectivity index (χ4v) is 2.25. The van der Waals surface area contributed by atoms with Gasteiger partial charge in [0.15, 0.2) is 0 Å². The van der Waals surface area contributed by atoms with Gasteiger partial charge in [-0.2, -0.15) is 0 Å². The largest absolute Gasteiger partial charge is 0.496 e. The van der Waals surface area contributed by atoms with Crippen LogP contribution in [0.4, 0.5) is 0 Å². The zero-order chi connectivity index (χ0) is 11.6. The summed E-state index contributed by atoms with van der Waals surface area (Å²) in [5.74, 6) is 1.04. The highest BCUT2D eigenvalue weighted by Crippen LogP contribution is 2.28. The fraction of sp³-hybridized carbons (Fsp3) is 0.462. The monoisotopic (exact) mass is 219 g/mol. The van der Waals surface area contributed by atoms with Gasteiger partial charge < -0.3 is 10.1 Å². The summed E-state index contributed by atoms with van der Waals surface area (Å²) in [7, 11) is 1.67. The second-order valence-electron chi connectivity index (χ2n) is 4.60. The number of para-hydroxylation sites is 1. The molecule has 1 amide bonds. The molecule has 86 valence electrons. The molecule has 1 fully saturated rings. The Morgan fingerprint density at radius 2 is 2.19 bits per heavy atom. The molecule has 1 aromatic carbocycles. The molecule has 1 unspecified atom stereocenters. The van der Waals surface area contributed by atoms with E-state index in [-0.39, 0.29) is 11.4 Å². The number of hydrogen-bond acceptors (Lipinski definition) is 2. The molecule has 1 saturated heterocycles. The highest BCUT2D eigenvalue weighted by molar-refractivity contribution is 5.79. The number of benzene rings is 1. The van der Waals surface area contributed by atoms with E-state index in [1.807, 2.05) is 18.2 Å². The predicted molar refractivity (Wildman–Crippen MR) is 62.5 cm³/mol. The van der Waals surface area contributed by atoms with E-state index in [1.165, 1.54) is 0 Å². The second-order valence-corrected chi connectivity index (χ2v) is 4.60. The maximum Gasteiger partial charge on any atom is 0.220 e. The second kappa shape index (κ2) is 4.16. The fourth-order valence-electron chi connectivity index (χ4n) is 2.25. The minimum Gasteiger partial charge on any atom is -0.496 e. The first-order chi connectivity index (χ1) is 7.63. The van der Waals surface area contributed by atoms with E-state index in [2.05, 4.69) is 18.3 Å². The molecule has 0 bridgehead atoms. The summed E-state index contributed by atoms with van der Waals surface area (Å²) in [6.45, 7) is 2.09. The number of methoxy groups -OCH3 is 1. The van der Waals surface area contributed by atoms with Gasteiger partial charge in [0.25, 0.3) is 0 Å². The maximum absolute atomic E-state index is 11.3. The molecule has 16 heavy (non-hydrogen) atoms. The number of carbonyl (C=O) groups is 1. The van der Waals surface area contributed by atoms with Crippen molar-refractivity contribution in [3.63, 3.8) is 0 Å². The number of rotatable bonds is 3. The molecular weight excluding hydrogens is 202 g/mol. The average molecular weight is 219 g/mol. The molecule has 1 heterocycles. The van der Waals surface area contributed by atoms with Gasteiger partial charge in [0.2, 0.25) is 5.91 Å². The van der Waals surface area contributed by atoms with Crippen molar-refractivity contribution >= 4 is 5.91 Å². The molecule has 1 aromatic rings. The van der Waals surface area contributed by atoms with Crippen molar-refractivity contribution in [1.29, 1.82) is 0 Å². The van der Waals surface area contributed by atoms with Crippen LogP contribution in [0.25, 0.3) is 0 Å². The molecule has 0 aliphatic carbocycles. The molecule has 1 aliphatic heterocycles. The Morgan fingerprint density at radius 3 is 2.81 bits per heavy atom. The first kappa shape index (κ1) is 11.0. The summed E-state index contributed by atoms with van der Waals surface area (Å²) in [6.07, 6.45) is 2.35. The van der Waals surface area contributed by atoms with Gasteiger partial charge in [-0.25, -0.2) is 0 Å². The Morgan fingerprint density at radius 1 is 1.44 bits per heavy atom. The van der Waals surface area contributed by atoms with E-state index in [9.17, 15) is 4.79 Å². The van der Waals surface area contributed by atoms with Gasteiger partial charge in [-0.3, -0.25) is 4.79 Å². The van der Waals surface area contributed by atoms with Crippen molar-refractivity contribution in [3.8, 4) is 5.75 Å². The first-order valence-electron chi connectivity index (χ1n) is 5.56. The minimum absolute atomic E-state index is 0.119. The van der Waals surface area contributed by atoms with Gasteiger partial charge >= 0.3 is 0 Å². The van der Waals surface area contributed by atoms with Crippen molar-refractivity contribution in [3.05, 3.63) is 29.8 Å². The minimum atomic E-state index is -0.119. The number of nitrogens with one attached hydrogen (secondary N) is 1. The number of amides is 1. The Kier molecular flexibility index (Phi) is 2.86. The molecule has 0 saturated carbocycles. The molecular formula is C13H17NO2. The van der Waals surface area contributed by atoms with Crippen molar-refractivity contribution in [2.75, 3.05) is 7.11 Å². The van der Waals surface area contributed by atoms with Crippen LogP contribution in [0.1, 0.15) is 25.3 Å². The molecule has 1 atom stereocenters. The van der Waals surface area contributed by atoms with E-state index >= 15 is 0 Å². The number of hydrogen-bond donors (Lipinski definition) is 1. The molecule has 2 rings (SSSR count). The van der Waals surface area contributed by atoms with Crippen LogP contribution in [-0.4, -0.2) is 18.6 Å². The van der Waals surface area contributed by atoms with Crippen LogP contribution < -0.4 is 10.1 Å². The molecule has 0 radical (unpaired) electrons. The summed E-state index contributed by atoms with van der Waals surface area (Å²) in [4.78, 5) is 11.3. The molecule has 0 aromatic heterocycles. The summed E-state index contributed by atoms with van der Waals surface area (Å²) in [5.41, 5.74) is 1.03. The number of ether oxygens (including phenoxy) is 1. The Bertz CT molecular complexity index is 403. The van der Waals surface area contributed by atoms with Gasteiger partial charge in [0.1, 0.15) is 5.75 Å². The van der Waals surface area contributed by atoms with Crippen LogP contribution in [0.2, 0.25) is 0 Å². The molecule has 3 nitrogen and oxygen atoms in total. The van der Waals surface area contributed by atoms with E-state index < -0.39 is 0 Å². The average Bonchev–Trinajstić information content (AvgIpc) is 2.59. The van der Waals surface area contributed by atoms with E-state index in [1.54, 1.807) is 7.11 Å². The summed E-state index contributed by atoms with van der Waals surface area (Å²) < 4.78 is 5.31. The topological polar surface area (TPSA) is 38.3 Å². The Balaban J connectivity index is 2.17. The maximum atomic E-state index is 11.3. The third-order valence-electron chi connectivity index (χ3n) is 3.12. The third-order valence-corrected chi connectivity index (χ3v) is 3.12. The summed E-state index contributed by atoms with van der Waals surface area (Å²) >= 11 is 0. The van der Waals surface area contributed by atoms with Gasteiger partial charge in [-0.15, -0.1) is 0 Å². The van der Waals surface area contributed by atoms with Crippen LogP contribution in [0.5, 0.6) is 5.75 Å². The van der Waals surface area contributed by atoms with Gasteiger partial charge in [-0.1, -0.05) is 18.2 Å². The predicted octanol–water partition coefficient (Wildman–Crippen LogP) is 1.91. The lowest BCUT2D eigenvalue weighted by molar-refractivity contribution is -0.119. The lowest BCUT2D eigenvalue weighted by Gasteiger charge is -2.24. The van der Waals surface area contributed by atoms with Crippen LogP contribution in [0.15, 0.2) is 24.3 Å². The van der Waals surface area contributed by atoms with Gasteiger partial charge in [0.05, 0.1) is 7.11 Å². The molecule has 3 heteroatoms. The molecule has 0 spiro atoms. The number of carbonyl (C=O) groups excluding carboxylic acids is 1. The van der Waals surface area contributed by atoms with E-state index in [0.29, 0.717) is 6.42 Å². The highest BCUT2D eigenvalue weighted by atomic mass is 16.5. The van der Waals surface area contributed by atoms with Crippen LogP contribution >= 0.6 is 0 Å². The lowest BCUT2D eigenvalue weighted by Crippen LogP contribution is -2.40. The smallest absolute Gasteiger partial charge is 0.220 e. The van der Waals surface area contributed by atoms with Crippen LogP contribution in [0.3, 0.4) is 0 Å². The summed E-state index contributed by atoms with van der Waals surface area (Å²) in [5, 5.41) is 3.04. The van der Waals surface area contributed by atoms with Gasteiger partial charge in [0, 0.05) is 12.0 Å².